The first-order chi connectivity index (χ1) is 12.1. The minimum atomic E-state index is -4.96. The van der Waals surface area contributed by atoms with Crippen LogP contribution < -0.4 is 9.64 Å². The highest BCUT2D eigenvalue weighted by Gasteiger charge is 2.48. The number of halogens is 4. The summed E-state index contributed by atoms with van der Waals surface area (Å²) in [5, 5.41) is 9.26. The molecule has 1 amide bonds. The average Bonchev–Trinajstić information content (AvgIpc) is 2.57. The zero-order valence-electron chi connectivity index (χ0n) is 13.2. The lowest BCUT2D eigenvalue weighted by atomic mass is 9.87. The molecule has 0 saturated carbocycles. The highest BCUT2D eigenvalue weighted by Crippen LogP contribution is 2.38. The van der Waals surface area contributed by atoms with Crippen LogP contribution in [0.25, 0.3) is 0 Å². The van der Waals surface area contributed by atoms with Gasteiger partial charge in [0.25, 0.3) is 0 Å². The molecule has 0 radical (unpaired) electrons. The van der Waals surface area contributed by atoms with Gasteiger partial charge in [-0.05, 0) is 24.1 Å². The van der Waals surface area contributed by atoms with Crippen LogP contribution in [0.3, 0.4) is 0 Å². The molecule has 0 bridgehead atoms. The molecular formula is C16H13ClF3NO5. The van der Waals surface area contributed by atoms with Crippen molar-refractivity contribution in [2.75, 3.05) is 18.1 Å². The fourth-order valence-electron chi connectivity index (χ4n) is 2.70. The molecule has 1 N–H and O–H groups in total. The van der Waals surface area contributed by atoms with E-state index in [4.69, 9.17) is 22.8 Å². The molecule has 0 unspecified atom stereocenters. The fraction of sp³-hybridized carbons (Fsp3) is 0.375. The second-order valence-electron chi connectivity index (χ2n) is 5.40. The van der Waals surface area contributed by atoms with E-state index in [-0.39, 0.29) is 31.7 Å². The van der Waals surface area contributed by atoms with Crippen LogP contribution in [0, 0.1) is 12.3 Å². The Hall–Kier alpha value is -2.44. The van der Waals surface area contributed by atoms with Gasteiger partial charge in [0.15, 0.2) is 5.54 Å². The third kappa shape index (κ3) is 4.03. The monoisotopic (exact) mass is 391 g/mol. The van der Waals surface area contributed by atoms with Crippen molar-refractivity contribution in [1.29, 1.82) is 0 Å². The summed E-state index contributed by atoms with van der Waals surface area (Å²) in [5.74, 6) is -1.12. The van der Waals surface area contributed by atoms with Crippen molar-refractivity contribution >= 4 is 29.2 Å². The van der Waals surface area contributed by atoms with E-state index < -0.39 is 34.5 Å². The van der Waals surface area contributed by atoms with E-state index in [0.717, 1.165) is 23.1 Å². The Morgan fingerprint density at radius 3 is 2.42 bits per heavy atom. The van der Waals surface area contributed by atoms with Crippen molar-refractivity contribution in [1.82, 2.24) is 0 Å². The number of anilines is 1. The molecule has 10 heteroatoms. The predicted octanol–water partition coefficient (Wildman–Crippen LogP) is 2.84. The quantitative estimate of drug-likeness (QED) is 0.799. The van der Waals surface area contributed by atoms with E-state index in [1.807, 2.05) is 5.92 Å². The number of hydrogen-bond acceptors (Lipinski definition) is 4. The maximum Gasteiger partial charge on any atom is 0.573 e. The van der Waals surface area contributed by atoms with Gasteiger partial charge in [0.05, 0.1) is 5.02 Å². The van der Waals surface area contributed by atoms with Gasteiger partial charge in [-0.15, -0.1) is 19.6 Å². The normalized spacial score (nSPS) is 16.4. The summed E-state index contributed by atoms with van der Waals surface area (Å²) < 4.78 is 46.0. The van der Waals surface area contributed by atoms with E-state index in [2.05, 4.69) is 4.74 Å². The third-order valence-electron chi connectivity index (χ3n) is 3.87. The van der Waals surface area contributed by atoms with Gasteiger partial charge in [-0.25, -0.2) is 4.79 Å². The zero-order valence-corrected chi connectivity index (χ0v) is 13.9. The summed E-state index contributed by atoms with van der Waals surface area (Å²) in [7, 11) is 0. The first-order valence-electron chi connectivity index (χ1n) is 7.28. The highest BCUT2D eigenvalue weighted by atomic mass is 35.5. The number of alkyl halides is 3. The smallest absolute Gasteiger partial charge is 0.479 e. The lowest BCUT2D eigenvalue weighted by Crippen LogP contribution is -2.60. The number of benzene rings is 1. The van der Waals surface area contributed by atoms with Crippen LogP contribution in [0.4, 0.5) is 18.9 Å². The van der Waals surface area contributed by atoms with Crippen LogP contribution in [0.2, 0.25) is 5.02 Å². The largest absolute Gasteiger partial charge is 0.573 e. The van der Waals surface area contributed by atoms with E-state index in [1.54, 1.807) is 0 Å². The number of ether oxygens (including phenoxy) is 2. The zero-order chi connectivity index (χ0) is 19.5. The molecule has 26 heavy (non-hydrogen) atoms. The van der Waals surface area contributed by atoms with Crippen LogP contribution in [0.15, 0.2) is 18.2 Å². The minimum Gasteiger partial charge on any atom is -0.479 e. The Labute approximate surface area is 151 Å². The van der Waals surface area contributed by atoms with Crippen LogP contribution in [0.1, 0.15) is 12.8 Å². The Morgan fingerprint density at radius 1 is 1.35 bits per heavy atom. The summed E-state index contributed by atoms with van der Waals surface area (Å²) in [6.07, 6.45) is 0.105. The average molecular weight is 392 g/mol. The molecule has 1 aromatic carbocycles. The molecule has 6 nitrogen and oxygen atoms in total. The SMILES string of the molecule is C#CC(=O)N(c1ccc(OC(F)(F)F)c(Cl)c1)C1(C(=O)O)CCOCC1. The molecule has 0 atom stereocenters. The van der Waals surface area contributed by atoms with E-state index >= 15 is 0 Å². The van der Waals surface area contributed by atoms with Crippen LogP contribution >= 0.6 is 11.6 Å². The Kier molecular flexibility index (Phi) is 5.68. The summed E-state index contributed by atoms with van der Waals surface area (Å²) in [5.41, 5.74) is -1.76. The molecule has 0 aliphatic carbocycles. The van der Waals surface area contributed by atoms with Crippen molar-refractivity contribution in [3.63, 3.8) is 0 Å². The van der Waals surface area contributed by atoms with Gasteiger partial charge in [0, 0.05) is 31.7 Å². The van der Waals surface area contributed by atoms with Crippen LogP contribution in [-0.4, -0.2) is 42.1 Å². The topological polar surface area (TPSA) is 76.1 Å². The number of hydrogen-bond donors (Lipinski definition) is 1. The summed E-state index contributed by atoms with van der Waals surface area (Å²) in [6.45, 7) is 0.146. The van der Waals surface area contributed by atoms with Gasteiger partial charge >= 0.3 is 18.2 Å². The summed E-state index contributed by atoms with van der Waals surface area (Å²) in [4.78, 5) is 25.1. The maximum absolute atomic E-state index is 12.4. The Balaban J connectivity index is 2.51. The molecule has 1 fully saturated rings. The molecule has 1 heterocycles. The number of carbonyl (C=O) groups excluding carboxylic acids is 1. The van der Waals surface area contributed by atoms with E-state index in [0.29, 0.717) is 0 Å². The van der Waals surface area contributed by atoms with Crippen molar-refractivity contribution in [3.05, 3.63) is 23.2 Å². The molecule has 0 spiro atoms. The second-order valence-corrected chi connectivity index (χ2v) is 5.80. The number of terminal acetylenes is 1. The number of aliphatic carboxylic acids is 1. The van der Waals surface area contributed by atoms with Gasteiger partial charge in [0.1, 0.15) is 5.75 Å². The van der Waals surface area contributed by atoms with E-state index in [1.165, 1.54) is 0 Å². The first-order valence-corrected chi connectivity index (χ1v) is 7.66. The molecule has 140 valence electrons. The van der Waals surface area contributed by atoms with Gasteiger partial charge in [-0.3, -0.25) is 9.69 Å². The Bertz CT molecular complexity index is 753. The van der Waals surface area contributed by atoms with E-state index in [9.17, 15) is 27.9 Å². The van der Waals surface area contributed by atoms with Gasteiger partial charge < -0.3 is 14.6 Å². The number of carbonyl (C=O) groups is 2. The molecule has 0 aromatic heterocycles. The highest BCUT2D eigenvalue weighted by molar-refractivity contribution is 6.32. The minimum absolute atomic E-state index is 0.0474. The lowest BCUT2D eigenvalue weighted by Gasteiger charge is -2.42. The van der Waals surface area contributed by atoms with Crippen molar-refractivity contribution in [2.24, 2.45) is 0 Å². The third-order valence-corrected chi connectivity index (χ3v) is 4.17. The molecule has 1 saturated heterocycles. The molecule has 2 rings (SSSR count). The summed E-state index contributed by atoms with van der Waals surface area (Å²) in [6, 6.07) is 2.97. The van der Waals surface area contributed by atoms with Gasteiger partial charge in [0.2, 0.25) is 0 Å². The molecule has 1 aromatic rings. The lowest BCUT2D eigenvalue weighted by molar-refractivity contribution is -0.274. The van der Waals surface area contributed by atoms with Crippen molar-refractivity contribution in [3.8, 4) is 18.1 Å². The number of nitrogens with zero attached hydrogens (tertiary/aromatic N) is 1. The first kappa shape index (κ1) is 19.9. The Morgan fingerprint density at radius 2 is 1.96 bits per heavy atom. The second kappa shape index (κ2) is 7.43. The van der Waals surface area contributed by atoms with Crippen LogP contribution in [-0.2, 0) is 14.3 Å². The number of carboxylic acid groups (broad SMARTS) is 1. The number of amides is 1. The van der Waals surface area contributed by atoms with Crippen molar-refractivity contribution < 1.29 is 37.3 Å². The summed E-state index contributed by atoms with van der Waals surface area (Å²) >= 11 is 5.80. The van der Waals surface area contributed by atoms with Crippen LogP contribution in [0.5, 0.6) is 5.75 Å². The van der Waals surface area contributed by atoms with Gasteiger partial charge in [-0.2, -0.15) is 0 Å². The molecular weight excluding hydrogens is 379 g/mol. The number of carboxylic acids is 1. The number of rotatable bonds is 4. The molecule has 1 aliphatic heterocycles. The fourth-order valence-corrected chi connectivity index (χ4v) is 2.92. The molecule has 1 aliphatic rings. The van der Waals surface area contributed by atoms with Crippen molar-refractivity contribution in [2.45, 2.75) is 24.7 Å². The predicted molar refractivity (Wildman–Crippen MR) is 84.9 cm³/mol. The maximum atomic E-state index is 12.4. The standard InChI is InChI=1S/C16H13ClF3NO5/c1-2-13(22)21(15(14(23)24)5-7-25-8-6-15)10-3-4-12(11(17)9-10)26-16(18,19)20/h1,3-4,9H,5-8H2,(H,23,24). The van der Waals surface area contributed by atoms with Gasteiger partial charge in [-0.1, -0.05) is 11.6 Å².